The number of amides is 2. The lowest BCUT2D eigenvalue weighted by molar-refractivity contribution is -0.137. The summed E-state index contributed by atoms with van der Waals surface area (Å²) in [5.74, 6) is -0.889. The van der Waals surface area contributed by atoms with Crippen LogP contribution in [0.15, 0.2) is 48.5 Å². The van der Waals surface area contributed by atoms with Gasteiger partial charge in [-0.3, -0.25) is 9.59 Å². The van der Waals surface area contributed by atoms with E-state index < -0.39 is 17.6 Å². The van der Waals surface area contributed by atoms with Crippen LogP contribution in [0.5, 0.6) is 0 Å². The number of nitrogens with zero attached hydrogens (tertiary/aromatic N) is 1. The first kappa shape index (κ1) is 18.0. The molecule has 26 heavy (non-hydrogen) atoms. The molecule has 0 unspecified atom stereocenters. The molecule has 0 atom stereocenters. The summed E-state index contributed by atoms with van der Waals surface area (Å²) >= 11 is 0. The number of para-hydroxylation sites is 1. The smallest absolute Gasteiger partial charge is 0.326 e. The maximum atomic E-state index is 12.5. The molecule has 2 aromatic carbocycles. The van der Waals surface area contributed by atoms with Crippen LogP contribution in [0.2, 0.25) is 0 Å². The molecule has 0 saturated heterocycles. The predicted molar refractivity (Wildman–Crippen MR) is 91.8 cm³/mol. The van der Waals surface area contributed by atoms with Crippen LogP contribution in [-0.2, 0) is 22.2 Å². The van der Waals surface area contributed by atoms with Crippen LogP contribution in [-0.4, -0.2) is 18.4 Å². The minimum Gasteiger partial charge on any atom is -0.326 e. The van der Waals surface area contributed by atoms with E-state index in [9.17, 15) is 22.8 Å². The summed E-state index contributed by atoms with van der Waals surface area (Å²) in [5.41, 5.74) is 1.30. The van der Waals surface area contributed by atoms with Crippen LogP contribution in [0, 0.1) is 0 Å². The Morgan fingerprint density at radius 3 is 2.42 bits per heavy atom. The first-order chi connectivity index (χ1) is 12.3. The maximum Gasteiger partial charge on any atom is 0.416 e. The second-order valence-corrected chi connectivity index (χ2v) is 6.08. The van der Waals surface area contributed by atoms with Crippen molar-refractivity contribution in [3.05, 3.63) is 59.7 Å². The number of carbonyl (C=O) groups excluding carboxylic acids is 2. The van der Waals surface area contributed by atoms with E-state index in [0.717, 1.165) is 36.2 Å². The molecule has 0 saturated carbocycles. The van der Waals surface area contributed by atoms with Crippen molar-refractivity contribution in [3.8, 4) is 0 Å². The maximum absolute atomic E-state index is 12.5. The molecule has 1 N–H and O–H groups in total. The topological polar surface area (TPSA) is 49.4 Å². The minimum absolute atomic E-state index is 0.217. The van der Waals surface area contributed by atoms with Gasteiger partial charge in [0.25, 0.3) is 0 Å². The van der Waals surface area contributed by atoms with Crippen LogP contribution in [0.3, 0.4) is 0 Å². The van der Waals surface area contributed by atoms with Crippen LogP contribution in [0.25, 0.3) is 0 Å². The Balaban J connectivity index is 1.63. The number of benzene rings is 2. The van der Waals surface area contributed by atoms with Crippen molar-refractivity contribution in [2.75, 3.05) is 16.8 Å². The van der Waals surface area contributed by atoms with E-state index in [-0.39, 0.29) is 18.0 Å². The number of nitrogens with one attached hydrogen (secondary N) is 1. The Kier molecular flexibility index (Phi) is 4.97. The molecule has 0 fully saturated rings. The fourth-order valence-corrected chi connectivity index (χ4v) is 2.97. The lowest BCUT2D eigenvalue weighted by atomic mass is 10.0. The fraction of sp³-hybridized carbons (Fsp3) is 0.263. The van der Waals surface area contributed by atoms with Crippen molar-refractivity contribution in [2.24, 2.45) is 0 Å². The molecule has 7 heteroatoms. The highest BCUT2D eigenvalue weighted by Gasteiger charge is 2.30. The molecule has 1 aliphatic heterocycles. The van der Waals surface area contributed by atoms with Crippen LogP contribution in [0.1, 0.15) is 24.0 Å². The predicted octanol–water partition coefficient (Wildman–Crippen LogP) is 4.01. The Labute approximate surface area is 148 Å². The van der Waals surface area contributed by atoms with E-state index >= 15 is 0 Å². The van der Waals surface area contributed by atoms with Crippen molar-refractivity contribution >= 4 is 23.2 Å². The average Bonchev–Trinajstić information content (AvgIpc) is 2.60. The third-order valence-corrected chi connectivity index (χ3v) is 4.22. The highest BCUT2D eigenvalue weighted by Crippen LogP contribution is 2.30. The van der Waals surface area contributed by atoms with E-state index in [0.29, 0.717) is 6.54 Å². The van der Waals surface area contributed by atoms with Gasteiger partial charge in [0.15, 0.2) is 0 Å². The van der Waals surface area contributed by atoms with Crippen LogP contribution in [0.4, 0.5) is 24.5 Å². The van der Waals surface area contributed by atoms with Gasteiger partial charge in [0, 0.05) is 17.9 Å². The molecule has 0 spiro atoms. The molecule has 0 aliphatic carbocycles. The quantitative estimate of drug-likeness (QED) is 0.839. The Hall–Kier alpha value is -2.83. The summed E-state index contributed by atoms with van der Waals surface area (Å²) < 4.78 is 37.6. The molecule has 0 radical (unpaired) electrons. The van der Waals surface area contributed by atoms with Gasteiger partial charge in [-0.15, -0.1) is 0 Å². The summed E-state index contributed by atoms with van der Waals surface area (Å²) in [5, 5.41) is 2.46. The number of fused-ring (bicyclic) bond motifs is 1. The zero-order valence-electron chi connectivity index (χ0n) is 13.8. The van der Waals surface area contributed by atoms with Crippen molar-refractivity contribution in [1.82, 2.24) is 0 Å². The largest absolute Gasteiger partial charge is 0.416 e. The molecule has 3 rings (SSSR count). The molecule has 4 nitrogen and oxygen atoms in total. The van der Waals surface area contributed by atoms with Crippen molar-refractivity contribution in [1.29, 1.82) is 0 Å². The SMILES string of the molecule is O=C(CC(=O)N1CCCc2ccccc21)Nc1ccc(C(F)(F)F)cc1. The lowest BCUT2D eigenvalue weighted by Crippen LogP contribution is -2.37. The summed E-state index contributed by atoms with van der Waals surface area (Å²) in [6.07, 6.45) is -3.09. The number of alkyl halides is 3. The number of carbonyl (C=O) groups is 2. The van der Waals surface area contributed by atoms with Gasteiger partial charge in [-0.05, 0) is 48.7 Å². The zero-order chi connectivity index (χ0) is 18.7. The fourth-order valence-electron chi connectivity index (χ4n) is 2.97. The molecule has 1 aliphatic rings. The lowest BCUT2D eigenvalue weighted by Gasteiger charge is -2.29. The molecule has 2 aromatic rings. The standard InChI is InChI=1S/C19H17F3N2O2/c20-19(21,22)14-7-9-15(10-8-14)23-17(25)12-18(26)24-11-3-5-13-4-1-2-6-16(13)24/h1-2,4,6-10H,3,5,11-12H2,(H,23,25). The Morgan fingerprint density at radius 1 is 1.04 bits per heavy atom. The van der Waals surface area contributed by atoms with Gasteiger partial charge in [0.2, 0.25) is 11.8 Å². The molecule has 1 heterocycles. The number of rotatable bonds is 3. The summed E-state index contributed by atoms with van der Waals surface area (Å²) in [7, 11) is 0. The minimum atomic E-state index is -4.43. The van der Waals surface area contributed by atoms with E-state index in [1.54, 1.807) is 4.90 Å². The van der Waals surface area contributed by atoms with Crippen LogP contribution < -0.4 is 10.2 Å². The van der Waals surface area contributed by atoms with E-state index in [4.69, 9.17) is 0 Å². The highest BCUT2D eigenvalue weighted by molar-refractivity contribution is 6.09. The molecular weight excluding hydrogens is 345 g/mol. The van der Waals surface area contributed by atoms with Crippen molar-refractivity contribution in [3.63, 3.8) is 0 Å². The Morgan fingerprint density at radius 2 is 1.73 bits per heavy atom. The third kappa shape index (κ3) is 4.04. The van der Waals surface area contributed by atoms with Gasteiger partial charge in [-0.2, -0.15) is 13.2 Å². The number of hydrogen-bond donors (Lipinski definition) is 1. The average molecular weight is 362 g/mol. The van der Waals surface area contributed by atoms with Crippen molar-refractivity contribution < 1.29 is 22.8 Å². The first-order valence-corrected chi connectivity index (χ1v) is 8.20. The van der Waals surface area contributed by atoms with Gasteiger partial charge < -0.3 is 10.2 Å². The number of anilines is 2. The highest BCUT2D eigenvalue weighted by atomic mass is 19.4. The molecule has 0 aromatic heterocycles. The number of aryl methyl sites for hydroxylation is 1. The summed E-state index contributed by atoms with van der Waals surface area (Å²) in [4.78, 5) is 26.1. The second kappa shape index (κ2) is 7.19. The van der Waals surface area contributed by atoms with E-state index in [1.807, 2.05) is 24.3 Å². The van der Waals surface area contributed by atoms with E-state index in [2.05, 4.69) is 5.32 Å². The summed E-state index contributed by atoms with van der Waals surface area (Å²) in [6, 6.07) is 11.7. The third-order valence-electron chi connectivity index (χ3n) is 4.22. The van der Waals surface area contributed by atoms with E-state index in [1.165, 1.54) is 12.1 Å². The van der Waals surface area contributed by atoms with Crippen molar-refractivity contribution in [2.45, 2.75) is 25.4 Å². The first-order valence-electron chi connectivity index (χ1n) is 8.20. The second-order valence-electron chi connectivity index (χ2n) is 6.08. The monoisotopic (exact) mass is 362 g/mol. The molecule has 2 amide bonds. The van der Waals surface area contributed by atoms with Gasteiger partial charge >= 0.3 is 6.18 Å². The normalized spacial score (nSPS) is 13.9. The Bertz CT molecular complexity index is 816. The zero-order valence-corrected chi connectivity index (χ0v) is 13.8. The van der Waals surface area contributed by atoms with Gasteiger partial charge in [-0.1, -0.05) is 18.2 Å². The molecule has 136 valence electrons. The molecular formula is C19H17F3N2O2. The van der Waals surface area contributed by atoms with Gasteiger partial charge in [-0.25, -0.2) is 0 Å². The number of hydrogen-bond acceptors (Lipinski definition) is 2. The molecule has 0 bridgehead atoms. The van der Waals surface area contributed by atoms with Crippen LogP contribution >= 0.6 is 0 Å². The van der Waals surface area contributed by atoms with Gasteiger partial charge in [0.05, 0.1) is 5.56 Å². The number of halogens is 3. The van der Waals surface area contributed by atoms with Gasteiger partial charge in [0.1, 0.15) is 6.42 Å². The summed E-state index contributed by atoms with van der Waals surface area (Å²) in [6.45, 7) is 0.545.